The highest BCUT2D eigenvalue weighted by atomic mass is 35.5. The summed E-state index contributed by atoms with van der Waals surface area (Å²) in [6, 6.07) is 10.0. The lowest BCUT2D eigenvalue weighted by Crippen LogP contribution is -2.48. The van der Waals surface area contributed by atoms with Gasteiger partial charge in [0.15, 0.2) is 11.5 Å². The number of carbonyl (C=O) groups is 1. The van der Waals surface area contributed by atoms with E-state index in [1.165, 1.54) is 16.4 Å². The minimum atomic E-state index is -3.88. The average molecular weight is 584 g/mol. The summed E-state index contributed by atoms with van der Waals surface area (Å²) >= 11 is 12.4. The number of amides is 1. The molecule has 0 aromatic heterocycles. The van der Waals surface area contributed by atoms with E-state index in [1.807, 2.05) is 4.90 Å². The average Bonchev–Trinajstić information content (AvgIpc) is 2.93. The lowest BCUT2D eigenvalue weighted by molar-refractivity contribution is -0.136. The third kappa shape index (κ3) is 6.01. The molecule has 2 saturated heterocycles. The molecular formula is C27H32Cl2N2O6S. The topological polar surface area (TPSA) is 85.4 Å². The van der Waals surface area contributed by atoms with Crippen molar-refractivity contribution in [3.63, 3.8) is 0 Å². The van der Waals surface area contributed by atoms with Crippen molar-refractivity contribution < 1.29 is 27.4 Å². The Labute approximate surface area is 233 Å². The van der Waals surface area contributed by atoms with Crippen LogP contribution in [0.1, 0.15) is 38.5 Å². The predicted octanol–water partition coefficient (Wildman–Crippen LogP) is 5.02. The van der Waals surface area contributed by atoms with Crippen LogP contribution in [0, 0.1) is 5.41 Å². The van der Waals surface area contributed by atoms with Gasteiger partial charge in [0, 0.05) is 55.2 Å². The summed E-state index contributed by atoms with van der Waals surface area (Å²) in [5.41, 5.74) is -0.489. The minimum absolute atomic E-state index is 0.00211. The molecule has 0 radical (unpaired) electrons. The summed E-state index contributed by atoms with van der Waals surface area (Å²) in [7, 11) is -3.88. The molecule has 38 heavy (non-hydrogen) atoms. The fraction of sp³-hybridized carbons (Fsp3) is 0.519. The number of sulfonamides is 1. The van der Waals surface area contributed by atoms with Crippen LogP contribution in [-0.2, 0) is 14.8 Å². The molecule has 3 heterocycles. The van der Waals surface area contributed by atoms with Gasteiger partial charge in [-0.25, -0.2) is 8.42 Å². The summed E-state index contributed by atoms with van der Waals surface area (Å²) < 4.78 is 45.9. The van der Waals surface area contributed by atoms with Crippen LogP contribution >= 0.6 is 23.2 Å². The fourth-order valence-corrected chi connectivity index (χ4v) is 7.37. The number of hydrogen-bond acceptors (Lipinski definition) is 6. The van der Waals surface area contributed by atoms with Crippen LogP contribution in [-0.4, -0.2) is 69.5 Å². The molecule has 2 aromatic carbocycles. The van der Waals surface area contributed by atoms with Gasteiger partial charge in [0.05, 0.1) is 11.6 Å². The van der Waals surface area contributed by atoms with Crippen molar-refractivity contribution in [3.05, 3.63) is 46.4 Å². The van der Waals surface area contributed by atoms with Crippen LogP contribution < -0.4 is 14.2 Å². The molecule has 0 atom stereocenters. The van der Waals surface area contributed by atoms with Gasteiger partial charge in [-0.1, -0.05) is 23.2 Å². The zero-order valence-electron chi connectivity index (χ0n) is 21.2. The van der Waals surface area contributed by atoms with Crippen molar-refractivity contribution in [2.45, 2.75) is 43.4 Å². The second-order valence-corrected chi connectivity index (χ2v) is 12.9. The number of halogens is 2. The molecule has 3 aliphatic heterocycles. The maximum absolute atomic E-state index is 13.6. The van der Waals surface area contributed by atoms with Gasteiger partial charge < -0.3 is 19.1 Å². The standard InChI is InChI=1S/C27H32Cl2N2O6S/c28-20-4-6-21(7-5-20)37-19-27(18-26(32)30-10-2-1-3-11-30)8-12-31(13-9-27)38(33,34)25-17-24-23(16-22(25)29)35-14-15-36-24/h4-7,16-17H,1-3,8-15,18-19H2. The Kier molecular flexibility index (Phi) is 8.28. The Bertz CT molecular complexity index is 1260. The first-order valence-corrected chi connectivity index (χ1v) is 15.2. The molecule has 0 bridgehead atoms. The summed E-state index contributed by atoms with van der Waals surface area (Å²) in [6.07, 6.45) is 4.47. The van der Waals surface area contributed by atoms with Crippen LogP contribution in [0.25, 0.3) is 0 Å². The normalized spacial score (nSPS) is 19.7. The van der Waals surface area contributed by atoms with E-state index in [-0.39, 0.29) is 28.9 Å². The molecule has 0 unspecified atom stereocenters. The molecule has 0 spiro atoms. The number of benzene rings is 2. The molecule has 1 amide bonds. The zero-order valence-corrected chi connectivity index (χ0v) is 23.5. The van der Waals surface area contributed by atoms with Crippen molar-refractivity contribution >= 4 is 39.1 Å². The second-order valence-electron chi connectivity index (χ2n) is 10.2. The first-order valence-electron chi connectivity index (χ1n) is 13.0. The van der Waals surface area contributed by atoms with Crippen molar-refractivity contribution in [2.75, 3.05) is 46.0 Å². The van der Waals surface area contributed by atoms with Crippen molar-refractivity contribution in [2.24, 2.45) is 5.41 Å². The number of fused-ring (bicyclic) bond motifs is 1. The number of nitrogens with zero attached hydrogens (tertiary/aromatic N) is 2. The minimum Gasteiger partial charge on any atom is -0.493 e. The molecule has 206 valence electrons. The molecular weight excluding hydrogens is 551 g/mol. The van der Waals surface area contributed by atoms with E-state index >= 15 is 0 Å². The smallest absolute Gasteiger partial charge is 0.244 e. The molecule has 3 aliphatic rings. The monoisotopic (exact) mass is 582 g/mol. The van der Waals surface area contributed by atoms with Crippen molar-refractivity contribution in [1.82, 2.24) is 9.21 Å². The number of piperidine rings is 2. The van der Waals surface area contributed by atoms with E-state index in [4.69, 9.17) is 37.4 Å². The van der Waals surface area contributed by atoms with Crippen molar-refractivity contribution in [3.8, 4) is 17.2 Å². The van der Waals surface area contributed by atoms with E-state index < -0.39 is 15.4 Å². The fourth-order valence-electron chi connectivity index (χ4n) is 5.30. The Morgan fingerprint density at radius 2 is 1.55 bits per heavy atom. The SMILES string of the molecule is O=C(CC1(COc2ccc(Cl)cc2)CCN(S(=O)(=O)c2cc3c(cc2Cl)OCCO3)CC1)N1CCCCC1. The second kappa shape index (κ2) is 11.5. The highest BCUT2D eigenvalue weighted by Crippen LogP contribution is 2.42. The zero-order chi connectivity index (χ0) is 26.8. The van der Waals surface area contributed by atoms with Crippen LogP contribution in [0.4, 0.5) is 0 Å². The Morgan fingerprint density at radius 3 is 2.21 bits per heavy atom. The third-order valence-electron chi connectivity index (χ3n) is 7.59. The summed E-state index contributed by atoms with van der Waals surface area (Å²) in [5, 5.41) is 0.709. The summed E-state index contributed by atoms with van der Waals surface area (Å²) in [5.74, 6) is 1.58. The largest absolute Gasteiger partial charge is 0.493 e. The van der Waals surface area contributed by atoms with Gasteiger partial charge in [-0.3, -0.25) is 4.79 Å². The van der Waals surface area contributed by atoms with Gasteiger partial charge in [0.1, 0.15) is 23.9 Å². The number of likely N-dealkylation sites (tertiary alicyclic amines) is 1. The predicted molar refractivity (Wildman–Crippen MR) is 145 cm³/mol. The van der Waals surface area contributed by atoms with E-state index in [2.05, 4.69) is 0 Å². The molecule has 0 saturated carbocycles. The van der Waals surface area contributed by atoms with Crippen LogP contribution in [0.2, 0.25) is 10.0 Å². The molecule has 5 rings (SSSR count). The molecule has 2 fully saturated rings. The number of ether oxygens (including phenoxy) is 3. The van der Waals surface area contributed by atoms with Gasteiger partial charge in [0.25, 0.3) is 0 Å². The lowest BCUT2D eigenvalue weighted by atomic mass is 9.76. The maximum atomic E-state index is 13.6. The number of carbonyl (C=O) groups excluding carboxylic acids is 1. The first kappa shape index (κ1) is 27.4. The van der Waals surface area contributed by atoms with E-state index in [9.17, 15) is 13.2 Å². The van der Waals surface area contributed by atoms with E-state index in [0.717, 1.165) is 32.4 Å². The van der Waals surface area contributed by atoms with Gasteiger partial charge in [0.2, 0.25) is 15.9 Å². The number of rotatable bonds is 7. The first-order chi connectivity index (χ1) is 18.3. The Morgan fingerprint density at radius 1 is 0.921 bits per heavy atom. The molecule has 2 aromatic rings. The quantitative estimate of drug-likeness (QED) is 0.456. The lowest BCUT2D eigenvalue weighted by Gasteiger charge is -2.42. The van der Waals surface area contributed by atoms with Gasteiger partial charge >= 0.3 is 0 Å². The summed E-state index contributed by atoms with van der Waals surface area (Å²) in [4.78, 5) is 15.2. The summed E-state index contributed by atoms with van der Waals surface area (Å²) in [6.45, 7) is 3.10. The number of hydrogen-bond donors (Lipinski definition) is 0. The van der Waals surface area contributed by atoms with E-state index in [1.54, 1.807) is 24.3 Å². The molecule has 8 nitrogen and oxygen atoms in total. The molecule has 11 heteroatoms. The van der Waals surface area contributed by atoms with Crippen LogP contribution in [0.15, 0.2) is 41.3 Å². The third-order valence-corrected chi connectivity index (χ3v) is 10.2. The highest BCUT2D eigenvalue weighted by molar-refractivity contribution is 7.89. The Hall–Kier alpha value is -2.20. The van der Waals surface area contributed by atoms with Gasteiger partial charge in [-0.15, -0.1) is 0 Å². The van der Waals surface area contributed by atoms with Crippen LogP contribution in [0.5, 0.6) is 17.2 Å². The highest BCUT2D eigenvalue weighted by Gasteiger charge is 2.42. The molecule has 0 aliphatic carbocycles. The van der Waals surface area contributed by atoms with Gasteiger partial charge in [-0.2, -0.15) is 4.31 Å². The maximum Gasteiger partial charge on any atom is 0.244 e. The van der Waals surface area contributed by atoms with Crippen molar-refractivity contribution in [1.29, 1.82) is 0 Å². The Balaban J connectivity index is 1.33. The van der Waals surface area contributed by atoms with E-state index in [0.29, 0.717) is 61.4 Å². The van der Waals surface area contributed by atoms with Gasteiger partial charge in [-0.05, 0) is 56.4 Å². The molecule has 0 N–H and O–H groups in total. The van der Waals surface area contributed by atoms with Crippen LogP contribution in [0.3, 0.4) is 0 Å².